The topological polar surface area (TPSA) is 102 Å². The Bertz CT molecular complexity index is 789. The van der Waals surface area contributed by atoms with Crippen LogP contribution in [0.2, 0.25) is 0 Å². The molecule has 3 N–H and O–H groups in total. The molecule has 1 aliphatic heterocycles. The van der Waals surface area contributed by atoms with E-state index in [1.807, 2.05) is 30.3 Å². The van der Waals surface area contributed by atoms with Gasteiger partial charge in [0.05, 0.1) is 11.0 Å². The van der Waals surface area contributed by atoms with Crippen LogP contribution >= 0.6 is 0 Å². The summed E-state index contributed by atoms with van der Waals surface area (Å²) < 4.78 is 0. The average molecular weight is 354 g/mol. The normalized spacial score (nSPS) is 15.5. The van der Waals surface area contributed by atoms with Gasteiger partial charge in [0.25, 0.3) is 5.69 Å². The molecule has 136 valence electrons. The van der Waals surface area contributed by atoms with Crippen molar-refractivity contribution in [3.63, 3.8) is 0 Å². The molecule has 1 heterocycles. The maximum Gasteiger partial charge on any atom is 0.293 e. The number of nitro benzene ring substituents is 1. The van der Waals surface area contributed by atoms with Crippen LogP contribution in [0.25, 0.3) is 0 Å². The van der Waals surface area contributed by atoms with Gasteiger partial charge in [0.2, 0.25) is 5.91 Å². The number of nitrogens with two attached hydrogens (primary N) is 1. The number of rotatable bonds is 7. The fourth-order valence-electron chi connectivity index (χ4n) is 3.29. The van der Waals surface area contributed by atoms with Crippen molar-refractivity contribution in [3.05, 3.63) is 69.8 Å². The predicted molar refractivity (Wildman–Crippen MR) is 100 cm³/mol. The summed E-state index contributed by atoms with van der Waals surface area (Å²) in [4.78, 5) is 24.7. The molecule has 1 fully saturated rings. The zero-order chi connectivity index (χ0) is 18.5. The number of primary amides is 1. The second-order valence-electron chi connectivity index (χ2n) is 6.47. The summed E-state index contributed by atoms with van der Waals surface area (Å²) in [5, 5.41) is 14.8. The lowest BCUT2D eigenvalue weighted by molar-refractivity contribution is -0.384. The van der Waals surface area contributed by atoms with E-state index < -0.39 is 10.8 Å². The number of hydrogen-bond acceptors (Lipinski definition) is 5. The van der Waals surface area contributed by atoms with Crippen LogP contribution in [0.3, 0.4) is 0 Å². The Morgan fingerprint density at radius 3 is 2.50 bits per heavy atom. The summed E-state index contributed by atoms with van der Waals surface area (Å²) in [6, 6.07) is 14.1. The van der Waals surface area contributed by atoms with E-state index in [4.69, 9.17) is 5.73 Å². The van der Waals surface area contributed by atoms with E-state index in [1.165, 1.54) is 25.0 Å². The number of likely N-dealkylation sites (tertiary alicyclic amines) is 1. The number of nitrogens with one attached hydrogen (secondary N) is 1. The molecule has 1 aliphatic rings. The number of amides is 1. The summed E-state index contributed by atoms with van der Waals surface area (Å²) in [5.41, 5.74) is 6.66. The molecule has 7 heteroatoms. The molecule has 2 aromatic carbocycles. The highest BCUT2D eigenvalue weighted by atomic mass is 16.6. The van der Waals surface area contributed by atoms with Crippen molar-refractivity contribution in [2.75, 3.05) is 25.0 Å². The molecule has 0 radical (unpaired) electrons. The van der Waals surface area contributed by atoms with E-state index in [9.17, 15) is 14.9 Å². The van der Waals surface area contributed by atoms with Crippen molar-refractivity contribution in [1.82, 2.24) is 4.90 Å². The number of hydrogen-bond donors (Lipinski definition) is 2. The molecular weight excluding hydrogens is 332 g/mol. The van der Waals surface area contributed by atoms with Gasteiger partial charge in [-0.3, -0.25) is 14.9 Å². The smallest absolute Gasteiger partial charge is 0.293 e. The first-order chi connectivity index (χ1) is 12.5. The van der Waals surface area contributed by atoms with Crippen molar-refractivity contribution < 1.29 is 9.72 Å². The van der Waals surface area contributed by atoms with Gasteiger partial charge in [-0.25, -0.2) is 0 Å². The molecule has 1 unspecified atom stereocenters. The van der Waals surface area contributed by atoms with E-state index >= 15 is 0 Å². The summed E-state index contributed by atoms with van der Waals surface area (Å²) in [5.74, 6) is -0.684. The van der Waals surface area contributed by atoms with Gasteiger partial charge >= 0.3 is 0 Å². The maximum atomic E-state index is 11.5. The number of benzene rings is 2. The van der Waals surface area contributed by atoms with E-state index in [0.717, 1.165) is 25.2 Å². The van der Waals surface area contributed by atoms with Gasteiger partial charge in [-0.1, -0.05) is 30.3 Å². The fraction of sp³-hybridized carbons (Fsp3) is 0.316. The van der Waals surface area contributed by atoms with Gasteiger partial charge in [0.15, 0.2) is 0 Å². The highest BCUT2D eigenvalue weighted by Gasteiger charge is 2.23. The molecule has 0 spiro atoms. The average Bonchev–Trinajstić information content (AvgIpc) is 3.15. The van der Waals surface area contributed by atoms with Crippen LogP contribution in [-0.4, -0.2) is 35.4 Å². The van der Waals surface area contributed by atoms with Crippen molar-refractivity contribution in [2.45, 2.75) is 18.9 Å². The zero-order valence-corrected chi connectivity index (χ0v) is 14.4. The highest BCUT2D eigenvalue weighted by Crippen LogP contribution is 2.30. The molecule has 1 atom stereocenters. The standard InChI is InChI=1S/C19H22N4O3/c20-19(24)15-8-9-16(18(12-15)23(25)26)21-17(13-22-10-4-5-11-22)14-6-2-1-3-7-14/h1-3,6-9,12,17,21H,4-5,10-11,13H2,(H2,20,24). The summed E-state index contributed by atoms with van der Waals surface area (Å²) in [6.45, 7) is 2.83. The van der Waals surface area contributed by atoms with Crippen molar-refractivity contribution in [2.24, 2.45) is 5.73 Å². The van der Waals surface area contributed by atoms with Crippen LogP contribution in [-0.2, 0) is 0 Å². The molecule has 26 heavy (non-hydrogen) atoms. The van der Waals surface area contributed by atoms with Gasteiger partial charge in [0, 0.05) is 18.2 Å². The fourth-order valence-corrected chi connectivity index (χ4v) is 3.29. The molecular formula is C19H22N4O3. The third-order valence-electron chi connectivity index (χ3n) is 4.65. The lowest BCUT2D eigenvalue weighted by Crippen LogP contribution is -2.29. The van der Waals surface area contributed by atoms with Crippen molar-refractivity contribution in [3.8, 4) is 0 Å². The minimum Gasteiger partial charge on any atom is -0.371 e. The minimum absolute atomic E-state index is 0.0903. The third kappa shape index (κ3) is 4.18. The monoisotopic (exact) mass is 354 g/mol. The molecule has 0 aromatic heterocycles. The predicted octanol–water partition coefficient (Wildman–Crippen LogP) is 2.94. The first kappa shape index (κ1) is 17.9. The molecule has 0 aliphatic carbocycles. The molecule has 0 bridgehead atoms. The quantitative estimate of drug-likeness (QED) is 0.588. The van der Waals surface area contributed by atoms with E-state index in [2.05, 4.69) is 10.2 Å². The molecule has 7 nitrogen and oxygen atoms in total. The Balaban J connectivity index is 1.90. The van der Waals surface area contributed by atoms with Crippen molar-refractivity contribution in [1.29, 1.82) is 0 Å². The maximum absolute atomic E-state index is 11.5. The number of nitro groups is 1. The number of anilines is 1. The number of carbonyl (C=O) groups excluding carboxylic acids is 1. The van der Waals surface area contributed by atoms with Gasteiger partial charge in [-0.2, -0.15) is 0 Å². The third-order valence-corrected chi connectivity index (χ3v) is 4.65. The van der Waals surface area contributed by atoms with Crippen LogP contribution in [0.5, 0.6) is 0 Å². The van der Waals surface area contributed by atoms with Crippen LogP contribution < -0.4 is 11.1 Å². The Labute approximate surface area is 152 Å². The van der Waals surface area contributed by atoms with Crippen LogP contribution in [0.1, 0.15) is 34.8 Å². The largest absolute Gasteiger partial charge is 0.371 e. The summed E-state index contributed by atoms with van der Waals surface area (Å²) >= 11 is 0. The lowest BCUT2D eigenvalue weighted by Gasteiger charge is -2.25. The first-order valence-corrected chi connectivity index (χ1v) is 8.66. The Morgan fingerprint density at radius 2 is 1.88 bits per heavy atom. The minimum atomic E-state index is -0.684. The Hall–Kier alpha value is -2.93. The van der Waals surface area contributed by atoms with Gasteiger partial charge < -0.3 is 16.0 Å². The van der Waals surface area contributed by atoms with E-state index in [-0.39, 0.29) is 17.3 Å². The number of nitrogens with zero attached hydrogens (tertiary/aromatic N) is 2. The molecule has 3 rings (SSSR count). The lowest BCUT2D eigenvalue weighted by atomic mass is 10.0. The Morgan fingerprint density at radius 1 is 1.19 bits per heavy atom. The molecule has 0 saturated carbocycles. The number of carbonyl (C=O) groups is 1. The summed E-state index contributed by atoms with van der Waals surface area (Å²) in [6.07, 6.45) is 2.35. The van der Waals surface area contributed by atoms with Crippen molar-refractivity contribution >= 4 is 17.3 Å². The zero-order valence-electron chi connectivity index (χ0n) is 14.4. The van der Waals surface area contributed by atoms with Gasteiger partial charge in [0.1, 0.15) is 5.69 Å². The Kier molecular flexibility index (Phi) is 5.48. The van der Waals surface area contributed by atoms with Gasteiger partial charge in [-0.05, 0) is 43.6 Å². The van der Waals surface area contributed by atoms with E-state index in [1.54, 1.807) is 6.07 Å². The summed E-state index contributed by atoms with van der Waals surface area (Å²) in [7, 11) is 0. The second kappa shape index (κ2) is 7.97. The molecule has 2 aromatic rings. The van der Waals surface area contributed by atoms with Crippen LogP contribution in [0, 0.1) is 10.1 Å². The first-order valence-electron chi connectivity index (χ1n) is 8.66. The molecule has 1 amide bonds. The molecule has 1 saturated heterocycles. The van der Waals surface area contributed by atoms with E-state index in [0.29, 0.717) is 5.69 Å². The second-order valence-corrected chi connectivity index (χ2v) is 6.47. The van der Waals surface area contributed by atoms with Crippen LogP contribution in [0.15, 0.2) is 48.5 Å². The van der Waals surface area contributed by atoms with Crippen LogP contribution in [0.4, 0.5) is 11.4 Å². The SMILES string of the molecule is NC(=O)c1ccc(NC(CN2CCCC2)c2ccccc2)c([N+](=O)[O-])c1. The highest BCUT2D eigenvalue weighted by molar-refractivity contribution is 5.94. The van der Waals surface area contributed by atoms with Gasteiger partial charge in [-0.15, -0.1) is 0 Å².